The van der Waals surface area contributed by atoms with Crippen molar-refractivity contribution in [3.63, 3.8) is 0 Å². The monoisotopic (exact) mass is 385 g/mol. The lowest BCUT2D eigenvalue weighted by molar-refractivity contribution is 0.103. The fourth-order valence-electron chi connectivity index (χ4n) is 2.31. The number of para-hydroxylation sites is 1. The molecule has 0 spiro atoms. The van der Waals surface area contributed by atoms with Gasteiger partial charge in [-0.15, -0.1) is 0 Å². The number of fused-ring (bicyclic) bond motifs is 3. The summed E-state index contributed by atoms with van der Waals surface area (Å²) in [5.74, 6) is -0.190. The van der Waals surface area contributed by atoms with Gasteiger partial charge in [-0.05, 0) is 36.4 Å². The van der Waals surface area contributed by atoms with Crippen LogP contribution in [-0.4, -0.2) is 20.4 Å². The van der Waals surface area contributed by atoms with E-state index in [0.717, 1.165) is 15.8 Å². The number of benzene rings is 2. The van der Waals surface area contributed by atoms with Gasteiger partial charge in [0.15, 0.2) is 5.01 Å². The summed E-state index contributed by atoms with van der Waals surface area (Å²) in [7, 11) is 0. The SMILES string of the molecule is O=C(c1ccc(Br)cc1)c1nn2c(nc(=O)c3ccccc32)s1. The van der Waals surface area contributed by atoms with E-state index in [1.165, 1.54) is 0 Å². The second kappa shape index (κ2) is 5.36. The molecule has 7 heteroatoms. The van der Waals surface area contributed by atoms with E-state index < -0.39 is 0 Å². The first-order valence-corrected chi connectivity index (χ1v) is 8.33. The van der Waals surface area contributed by atoms with Gasteiger partial charge in [-0.2, -0.15) is 10.1 Å². The van der Waals surface area contributed by atoms with Crippen molar-refractivity contribution in [1.82, 2.24) is 14.6 Å². The van der Waals surface area contributed by atoms with Crippen LogP contribution in [0.3, 0.4) is 0 Å². The third-order valence-corrected chi connectivity index (χ3v) is 4.86. The van der Waals surface area contributed by atoms with Crippen LogP contribution in [0, 0.1) is 0 Å². The number of ketones is 1. The molecule has 2 heterocycles. The van der Waals surface area contributed by atoms with E-state index in [2.05, 4.69) is 26.0 Å². The van der Waals surface area contributed by atoms with Crippen molar-refractivity contribution in [3.8, 4) is 0 Å². The highest BCUT2D eigenvalue weighted by Crippen LogP contribution is 2.20. The van der Waals surface area contributed by atoms with E-state index in [1.54, 1.807) is 47.0 Å². The van der Waals surface area contributed by atoms with Crippen molar-refractivity contribution < 1.29 is 4.79 Å². The number of carbonyl (C=O) groups is 1. The van der Waals surface area contributed by atoms with Crippen LogP contribution in [-0.2, 0) is 0 Å². The number of rotatable bonds is 2. The van der Waals surface area contributed by atoms with Gasteiger partial charge in [-0.1, -0.05) is 39.4 Å². The Hall–Kier alpha value is -2.38. The number of hydrogen-bond acceptors (Lipinski definition) is 5. The second-order valence-corrected chi connectivity index (χ2v) is 6.74. The Bertz CT molecular complexity index is 1120. The van der Waals surface area contributed by atoms with Crippen LogP contribution >= 0.6 is 27.3 Å². The van der Waals surface area contributed by atoms with E-state index >= 15 is 0 Å². The molecule has 0 N–H and O–H groups in total. The first-order valence-electron chi connectivity index (χ1n) is 6.72. The summed E-state index contributed by atoms with van der Waals surface area (Å²) in [6.07, 6.45) is 0. The second-order valence-electron chi connectivity index (χ2n) is 4.87. The number of hydrogen-bond donors (Lipinski definition) is 0. The molecule has 0 fully saturated rings. The molecule has 0 aliphatic heterocycles. The molecular weight excluding hydrogens is 378 g/mol. The minimum Gasteiger partial charge on any atom is -0.286 e. The molecule has 0 aliphatic rings. The third-order valence-electron chi connectivity index (χ3n) is 3.42. The summed E-state index contributed by atoms with van der Waals surface area (Å²) in [5.41, 5.74) is 0.875. The summed E-state index contributed by atoms with van der Waals surface area (Å²) in [6.45, 7) is 0. The molecule has 23 heavy (non-hydrogen) atoms. The van der Waals surface area contributed by atoms with Gasteiger partial charge in [0, 0.05) is 10.0 Å². The number of halogens is 1. The van der Waals surface area contributed by atoms with Gasteiger partial charge in [-0.25, -0.2) is 4.52 Å². The lowest BCUT2D eigenvalue weighted by Crippen LogP contribution is -2.09. The molecule has 0 saturated carbocycles. The highest BCUT2D eigenvalue weighted by atomic mass is 79.9. The van der Waals surface area contributed by atoms with Crippen molar-refractivity contribution in [2.45, 2.75) is 0 Å². The third kappa shape index (κ3) is 2.38. The first kappa shape index (κ1) is 14.2. The molecule has 0 saturated heterocycles. The molecule has 0 radical (unpaired) electrons. The minimum atomic E-state index is -0.313. The largest absolute Gasteiger partial charge is 0.286 e. The lowest BCUT2D eigenvalue weighted by atomic mass is 10.1. The normalized spacial score (nSPS) is 11.2. The predicted octanol–water partition coefficient (Wildman–Crippen LogP) is 3.30. The molecule has 0 unspecified atom stereocenters. The molecule has 0 atom stereocenters. The minimum absolute atomic E-state index is 0.190. The molecule has 0 aliphatic carbocycles. The van der Waals surface area contributed by atoms with Gasteiger partial charge in [0.1, 0.15) is 0 Å². The van der Waals surface area contributed by atoms with Gasteiger partial charge in [-0.3, -0.25) is 9.59 Å². The average Bonchev–Trinajstić information content (AvgIpc) is 2.99. The van der Waals surface area contributed by atoms with Crippen LogP contribution in [0.25, 0.3) is 15.9 Å². The maximum absolute atomic E-state index is 12.6. The topological polar surface area (TPSA) is 64.3 Å². The fourth-order valence-corrected chi connectivity index (χ4v) is 3.44. The molecule has 4 aromatic rings. The molecule has 4 rings (SSSR count). The van der Waals surface area contributed by atoms with Crippen LogP contribution in [0.5, 0.6) is 0 Å². The Morgan fingerprint density at radius 3 is 2.61 bits per heavy atom. The lowest BCUT2D eigenvalue weighted by Gasteiger charge is -1.98. The Morgan fingerprint density at radius 1 is 1.09 bits per heavy atom. The van der Waals surface area contributed by atoms with E-state index in [4.69, 9.17) is 0 Å². The number of aromatic nitrogens is 3. The summed E-state index contributed by atoms with van der Waals surface area (Å²) >= 11 is 4.45. The zero-order valence-electron chi connectivity index (χ0n) is 11.6. The standard InChI is InChI=1S/C16H8BrN3O2S/c17-10-7-5-9(6-8-10)13(21)15-19-20-12-4-2-1-3-11(12)14(22)18-16(20)23-15/h1-8H. The Labute approximate surface area is 142 Å². The Morgan fingerprint density at radius 2 is 1.83 bits per heavy atom. The highest BCUT2D eigenvalue weighted by molar-refractivity contribution is 9.10. The molecule has 112 valence electrons. The Balaban J connectivity index is 1.92. The maximum atomic E-state index is 12.6. The van der Waals surface area contributed by atoms with E-state index in [0.29, 0.717) is 26.4 Å². The zero-order valence-corrected chi connectivity index (χ0v) is 14.0. The smallest absolute Gasteiger partial charge is 0.281 e. The average molecular weight is 386 g/mol. The fraction of sp³-hybridized carbons (Fsp3) is 0. The van der Waals surface area contributed by atoms with Gasteiger partial charge in [0.2, 0.25) is 10.7 Å². The van der Waals surface area contributed by atoms with Crippen molar-refractivity contribution >= 4 is 48.9 Å². The summed E-state index contributed by atoms with van der Waals surface area (Å²) in [6, 6.07) is 14.2. The van der Waals surface area contributed by atoms with Crippen LogP contribution in [0.4, 0.5) is 0 Å². The first-order chi connectivity index (χ1) is 11.1. The van der Waals surface area contributed by atoms with Crippen LogP contribution in [0.15, 0.2) is 57.8 Å². The zero-order chi connectivity index (χ0) is 16.0. The predicted molar refractivity (Wildman–Crippen MR) is 92.2 cm³/mol. The van der Waals surface area contributed by atoms with Crippen LogP contribution < -0.4 is 5.56 Å². The summed E-state index contributed by atoms with van der Waals surface area (Å²) < 4.78 is 2.45. The molecule has 0 bridgehead atoms. The van der Waals surface area contributed by atoms with E-state index in [1.807, 2.05) is 6.07 Å². The Kier molecular flexibility index (Phi) is 3.32. The molecule has 2 aromatic carbocycles. The number of nitrogens with zero attached hydrogens (tertiary/aromatic N) is 3. The van der Waals surface area contributed by atoms with Gasteiger partial charge in [0.05, 0.1) is 10.9 Å². The summed E-state index contributed by atoms with van der Waals surface area (Å²) in [4.78, 5) is 29.0. The maximum Gasteiger partial charge on any atom is 0.281 e. The van der Waals surface area contributed by atoms with Crippen molar-refractivity contribution in [2.24, 2.45) is 0 Å². The molecule has 2 aromatic heterocycles. The number of carbonyl (C=O) groups excluding carboxylic acids is 1. The quantitative estimate of drug-likeness (QED) is 0.496. The van der Waals surface area contributed by atoms with E-state index in [9.17, 15) is 9.59 Å². The van der Waals surface area contributed by atoms with Crippen LogP contribution in [0.2, 0.25) is 0 Å². The highest BCUT2D eigenvalue weighted by Gasteiger charge is 2.17. The summed E-state index contributed by atoms with van der Waals surface area (Å²) in [5, 5.41) is 5.14. The van der Waals surface area contributed by atoms with Crippen molar-refractivity contribution in [3.05, 3.63) is 73.9 Å². The van der Waals surface area contributed by atoms with Crippen molar-refractivity contribution in [2.75, 3.05) is 0 Å². The van der Waals surface area contributed by atoms with Crippen molar-refractivity contribution in [1.29, 1.82) is 0 Å². The van der Waals surface area contributed by atoms with Crippen LogP contribution in [0.1, 0.15) is 15.4 Å². The van der Waals surface area contributed by atoms with Gasteiger partial charge in [0.25, 0.3) is 5.56 Å². The molecule has 0 amide bonds. The van der Waals surface area contributed by atoms with E-state index in [-0.39, 0.29) is 11.3 Å². The van der Waals surface area contributed by atoms with Gasteiger partial charge >= 0.3 is 0 Å². The molecular formula is C16H8BrN3O2S. The molecule has 5 nitrogen and oxygen atoms in total. The van der Waals surface area contributed by atoms with Gasteiger partial charge < -0.3 is 0 Å².